The van der Waals surface area contributed by atoms with Gasteiger partial charge in [-0.2, -0.15) is 0 Å². The number of allylic oxidation sites excluding steroid dienone is 3. The lowest BCUT2D eigenvalue weighted by Gasteiger charge is -2.33. The van der Waals surface area contributed by atoms with E-state index in [1.54, 1.807) is 18.2 Å². The minimum Gasteiger partial charge on any atom is -0.464 e. The molecule has 1 N–H and O–H groups in total. The molecule has 1 heterocycles. The van der Waals surface area contributed by atoms with Crippen LogP contribution in [0, 0.1) is 0 Å². The van der Waals surface area contributed by atoms with Gasteiger partial charge in [-0.15, -0.1) is 0 Å². The van der Waals surface area contributed by atoms with Gasteiger partial charge in [-0.3, -0.25) is 5.32 Å². The van der Waals surface area contributed by atoms with Gasteiger partial charge in [0.2, 0.25) is 0 Å². The van der Waals surface area contributed by atoms with Gasteiger partial charge in [0.25, 0.3) is 0 Å². The van der Waals surface area contributed by atoms with Crippen molar-refractivity contribution in [3.8, 4) is 0 Å². The second-order valence-corrected chi connectivity index (χ2v) is 5.96. The average molecular weight is 363 g/mol. The van der Waals surface area contributed by atoms with Crippen LogP contribution in [0.5, 0.6) is 0 Å². The van der Waals surface area contributed by atoms with Crippen LogP contribution in [0.2, 0.25) is 0 Å². The number of hydrogen-bond donors (Lipinski definition) is 1. The van der Waals surface area contributed by atoms with E-state index in [1.807, 2.05) is 0 Å². The first-order valence-electron chi connectivity index (χ1n) is 8.49. The first-order chi connectivity index (χ1) is 12.5. The predicted molar refractivity (Wildman–Crippen MR) is 95.1 cm³/mol. The third kappa shape index (κ3) is 5.06. The Bertz CT molecular complexity index is 616. The zero-order valence-electron chi connectivity index (χ0n) is 15.0. The van der Waals surface area contributed by atoms with E-state index < -0.39 is 17.8 Å². The molecule has 0 radical (unpaired) electrons. The number of esters is 1. The molecule has 1 spiro atoms. The zero-order valence-corrected chi connectivity index (χ0v) is 15.0. The molecule has 2 rings (SSSR count). The summed E-state index contributed by atoms with van der Waals surface area (Å²) < 4.78 is 21.3. The van der Waals surface area contributed by atoms with E-state index in [0.29, 0.717) is 44.5 Å². The molecular weight excluding hydrogens is 338 g/mol. The van der Waals surface area contributed by atoms with E-state index in [-0.39, 0.29) is 12.3 Å². The highest BCUT2D eigenvalue weighted by Gasteiger charge is 2.40. The van der Waals surface area contributed by atoms with E-state index >= 15 is 0 Å². The van der Waals surface area contributed by atoms with Crippen LogP contribution in [0.1, 0.15) is 25.7 Å². The van der Waals surface area contributed by atoms with Gasteiger partial charge < -0.3 is 18.9 Å². The number of carbonyl (C=O) groups excluding carboxylic acids is 2. The highest BCUT2D eigenvalue weighted by molar-refractivity contribution is 5.93. The van der Waals surface area contributed by atoms with Gasteiger partial charge in [0.1, 0.15) is 12.3 Å². The monoisotopic (exact) mass is 363 g/mol. The third-order valence-electron chi connectivity index (χ3n) is 4.36. The number of alkyl carbamates (subject to hydrolysis) is 1. The van der Waals surface area contributed by atoms with Crippen molar-refractivity contribution in [1.29, 1.82) is 0 Å². The molecule has 142 valence electrons. The van der Waals surface area contributed by atoms with E-state index in [0.717, 1.165) is 5.57 Å². The number of amides is 1. The Morgan fingerprint density at radius 2 is 1.88 bits per heavy atom. The molecule has 0 atom stereocenters. The Kier molecular flexibility index (Phi) is 7.17. The Morgan fingerprint density at radius 1 is 1.23 bits per heavy atom. The van der Waals surface area contributed by atoms with Crippen LogP contribution < -0.4 is 5.32 Å². The molecule has 0 aromatic rings. The Hall–Kier alpha value is -2.38. The molecule has 1 saturated carbocycles. The summed E-state index contributed by atoms with van der Waals surface area (Å²) in [4.78, 5) is 24.2. The van der Waals surface area contributed by atoms with Gasteiger partial charge in [0.15, 0.2) is 5.79 Å². The fourth-order valence-electron chi connectivity index (χ4n) is 2.97. The van der Waals surface area contributed by atoms with Crippen LogP contribution >= 0.6 is 0 Å². The average Bonchev–Trinajstić information content (AvgIpc) is 3.11. The highest BCUT2D eigenvalue weighted by Crippen LogP contribution is 2.38. The van der Waals surface area contributed by atoms with Crippen molar-refractivity contribution >= 4 is 12.1 Å². The summed E-state index contributed by atoms with van der Waals surface area (Å²) in [6.45, 7) is 8.40. The van der Waals surface area contributed by atoms with Crippen LogP contribution in [0.4, 0.5) is 4.79 Å². The van der Waals surface area contributed by atoms with E-state index in [2.05, 4.69) is 18.5 Å². The van der Waals surface area contributed by atoms with Crippen LogP contribution in [0.3, 0.4) is 0 Å². The SMILES string of the molecule is C=C/C=C(\C=C)COC(=O)NC(C(=O)OC)=C1CCC2(CC1)OCCO2. The minimum atomic E-state index is -0.733. The fraction of sp³-hybridized carbons (Fsp3) is 0.474. The largest absolute Gasteiger partial charge is 0.464 e. The molecule has 7 heteroatoms. The first-order valence-corrected chi connectivity index (χ1v) is 8.49. The maximum Gasteiger partial charge on any atom is 0.412 e. The quantitative estimate of drug-likeness (QED) is 0.444. The molecule has 1 amide bonds. The van der Waals surface area contributed by atoms with Gasteiger partial charge in [-0.25, -0.2) is 9.59 Å². The molecular formula is C19H25NO6. The third-order valence-corrected chi connectivity index (χ3v) is 4.36. The summed E-state index contributed by atoms with van der Waals surface area (Å²) in [7, 11) is 1.27. The fourth-order valence-corrected chi connectivity index (χ4v) is 2.97. The van der Waals surface area contributed by atoms with Gasteiger partial charge in [0, 0.05) is 12.8 Å². The van der Waals surface area contributed by atoms with Crippen molar-refractivity contribution in [3.05, 3.63) is 48.2 Å². The second kappa shape index (κ2) is 9.35. The van der Waals surface area contributed by atoms with Crippen molar-refractivity contribution in [1.82, 2.24) is 5.32 Å². The minimum absolute atomic E-state index is 0.0237. The van der Waals surface area contributed by atoms with Gasteiger partial charge in [0.05, 0.1) is 20.3 Å². The van der Waals surface area contributed by atoms with Crippen LogP contribution in [-0.2, 0) is 23.7 Å². The van der Waals surface area contributed by atoms with E-state index in [4.69, 9.17) is 18.9 Å². The lowest BCUT2D eigenvalue weighted by atomic mass is 9.88. The number of hydrogen-bond acceptors (Lipinski definition) is 6. The van der Waals surface area contributed by atoms with Gasteiger partial charge in [-0.05, 0) is 24.0 Å². The lowest BCUT2D eigenvalue weighted by molar-refractivity contribution is -0.171. The summed E-state index contributed by atoms with van der Waals surface area (Å²) in [6.07, 6.45) is 6.48. The normalized spacial score (nSPS) is 19.0. The van der Waals surface area contributed by atoms with E-state index in [1.165, 1.54) is 7.11 Å². The van der Waals surface area contributed by atoms with Crippen molar-refractivity contribution in [2.45, 2.75) is 31.5 Å². The molecule has 2 aliphatic rings. The van der Waals surface area contributed by atoms with Crippen molar-refractivity contribution in [3.63, 3.8) is 0 Å². The number of rotatable bonds is 6. The molecule has 1 aliphatic heterocycles. The number of carbonyl (C=O) groups is 2. The number of nitrogens with one attached hydrogen (secondary N) is 1. The standard InChI is InChI=1S/C19H25NO6/c1-4-6-14(5-2)13-24-18(22)20-16(17(21)23-3)15-7-9-19(10-8-15)25-11-12-26-19/h4-6H,1-2,7-13H2,3H3,(H,20,22)/b14-6+. The first kappa shape index (κ1) is 19.9. The lowest BCUT2D eigenvalue weighted by Crippen LogP contribution is -2.36. The maximum atomic E-state index is 12.1. The molecule has 0 bridgehead atoms. The Balaban J connectivity index is 2.02. The molecule has 26 heavy (non-hydrogen) atoms. The Morgan fingerprint density at radius 3 is 2.42 bits per heavy atom. The maximum absolute atomic E-state index is 12.1. The summed E-state index contributed by atoms with van der Waals surface area (Å²) in [5, 5.41) is 2.51. The smallest absolute Gasteiger partial charge is 0.412 e. The summed E-state index contributed by atoms with van der Waals surface area (Å²) in [5.41, 5.74) is 1.61. The van der Waals surface area contributed by atoms with Crippen molar-refractivity contribution in [2.24, 2.45) is 0 Å². The van der Waals surface area contributed by atoms with Crippen LogP contribution in [0.15, 0.2) is 48.2 Å². The molecule has 0 aromatic carbocycles. The number of methoxy groups -OCH3 is 1. The topological polar surface area (TPSA) is 83.1 Å². The number of ether oxygens (including phenoxy) is 4. The second-order valence-electron chi connectivity index (χ2n) is 5.96. The molecule has 1 aliphatic carbocycles. The van der Waals surface area contributed by atoms with E-state index in [9.17, 15) is 9.59 Å². The van der Waals surface area contributed by atoms with Crippen LogP contribution in [-0.4, -0.2) is 44.8 Å². The van der Waals surface area contributed by atoms with Crippen molar-refractivity contribution < 1.29 is 28.5 Å². The summed E-state index contributed by atoms with van der Waals surface area (Å²) in [6, 6.07) is 0. The predicted octanol–water partition coefficient (Wildman–Crippen LogP) is 2.76. The molecule has 0 aromatic heterocycles. The molecule has 2 fully saturated rings. The highest BCUT2D eigenvalue weighted by atomic mass is 16.7. The molecule has 1 saturated heterocycles. The molecule has 0 unspecified atom stereocenters. The summed E-state index contributed by atoms with van der Waals surface area (Å²) >= 11 is 0. The van der Waals surface area contributed by atoms with Crippen molar-refractivity contribution in [2.75, 3.05) is 26.9 Å². The molecule has 7 nitrogen and oxygen atoms in total. The zero-order chi connectivity index (χ0) is 19.0. The summed E-state index contributed by atoms with van der Waals surface area (Å²) in [5.74, 6) is -1.16. The van der Waals surface area contributed by atoms with Crippen LogP contribution in [0.25, 0.3) is 0 Å². The van der Waals surface area contributed by atoms with Gasteiger partial charge in [-0.1, -0.05) is 31.4 Å². The van der Waals surface area contributed by atoms with Gasteiger partial charge >= 0.3 is 12.1 Å². The Labute approximate surface area is 153 Å².